The summed E-state index contributed by atoms with van der Waals surface area (Å²) in [5.41, 5.74) is 2.79. The van der Waals surface area contributed by atoms with Gasteiger partial charge >= 0.3 is 0 Å². The topological polar surface area (TPSA) is 29.9 Å². The maximum absolute atomic E-state index is 4.87. The van der Waals surface area contributed by atoms with Crippen LogP contribution in [0.1, 0.15) is 63.2 Å². The number of fused-ring (bicyclic) bond motifs is 1. The summed E-state index contributed by atoms with van der Waals surface area (Å²) in [6.07, 6.45) is 4.93. The molecule has 0 fully saturated rings. The van der Waals surface area contributed by atoms with Crippen LogP contribution >= 0.6 is 0 Å². The lowest BCUT2D eigenvalue weighted by Crippen LogP contribution is -2.19. The van der Waals surface area contributed by atoms with Crippen molar-refractivity contribution in [1.29, 1.82) is 0 Å². The Morgan fingerprint density at radius 3 is 2.94 bits per heavy atom. The number of aryl methyl sites for hydroxylation is 1. The van der Waals surface area contributed by atoms with Gasteiger partial charge in [-0.25, -0.2) is 4.98 Å². The number of imidazole rings is 1. The molecule has 0 aliphatic carbocycles. The van der Waals surface area contributed by atoms with E-state index in [1.54, 1.807) is 0 Å². The Kier molecular flexibility index (Phi) is 4.21. The van der Waals surface area contributed by atoms with E-state index in [2.05, 4.69) is 30.7 Å². The molecular weight excluding hydrogens is 210 g/mol. The normalized spacial score (nSPS) is 19.4. The van der Waals surface area contributed by atoms with Crippen molar-refractivity contribution < 1.29 is 0 Å². The fraction of sp³-hybridized carbons (Fsp3) is 0.786. The molecule has 0 radical (unpaired) electrons. The highest BCUT2D eigenvalue weighted by atomic mass is 15.1. The molecule has 2 rings (SSSR count). The Bertz CT molecular complexity index is 368. The molecule has 1 atom stereocenters. The third-order valence-electron chi connectivity index (χ3n) is 3.66. The lowest BCUT2D eigenvalue weighted by atomic mass is 9.96. The van der Waals surface area contributed by atoms with Crippen LogP contribution in [0.4, 0.5) is 0 Å². The van der Waals surface area contributed by atoms with Gasteiger partial charge in [0.1, 0.15) is 5.82 Å². The van der Waals surface area contributed by atoms with Gasteiger partial charge in [0.15, 0.2) is 0 Å². The number of nitrogens with zero attached hydrogens (tertiary/aromatic N) is 2. The predicted octanol–water partition coefficient (Wildman–Crippen LogP) is 2.84. The molecule has 0 spiro atoms. The number of hydrogen-bond donors (Lipinski definition) is 1. The lowest BCUT2D eigenvalue weighted by molar-refractivity contribution is 0.458. The Morgan fingerprint density at radius 2 is 2.24 bits per heavy atom. The molecule has 96 valence electrons. The molecule has 3 nitrogen and oxygen atoms in total. The maximum atomic E-state index is 4.87. The first-order valence-corrected chi connectivity index (χ1v) is 7.06. The SMILES string of the molecule is CCCc1nc(CNCC)c2n1CCCC2C. The molecule has 1 aliphatic rings. The van der Waals surface area contributed by atoms with E-state index < -0.39 is 0 Å². The number of nitrogens with one attached hydrogen (secondary N) is 1. The molecule has 1 aromatic rings. The zero-order valence-corrected chi connectivity index (χ0v) is 11.4. The van der Waals surface area contributed by atoms with Crippen molar-refractivity contribution in [3.05, 3.63) is 17.2 Å². The molecule has 1 unspecified atom stereocenters. The van der Waals surface area contributed by atoms with Crippen molar-refractivity contribution in [1.82, 2.24) is 14.9 Å². The van der Waals surface area contributed by atoms with E-state index >= 15 is 0 Å². The van der Waals surface area contributed by atoms with E-state index in [0.717, 1.165) is 19.5 Å². The largest absolute Gasteiger partial charge is 0.331 e. The molecule has 3 heteroatoms. The quantitative estimate of drug-likeness (QED) is 0.850. The third kappa shape index (κ3) is 2.54. The molecule has 0 bridgehead atoms. The molecule has 1 N–H and O–H groups in total. The van der Waals surface area contributed by atoms with E-state index in [4.69, 9.17) is 4.98 Å². The molecule has 0 saturated carbocycles. The van der Waals surface area contributed by atoms with Crippen LogP contribution in [0.2, 0.25) is 0 Å². The molecule has 1 aliphatic heterocycles. The van der Waals surface area contributed by atoms with E-state index in [1.165, 1.54) is 43.0 Å². The second-order valence-electron chi connectivity index (χ2n) is 5.09. The highest BCUT2D eigenvalue weighted by Gasteiger charge is 2.24. The van der Waals surface area contributed by atoms with Crippen LogP contribution in [0.15, 0.2) is 0 Å². The molecule has 0 amide bonds. The minimum Gasteiger partial charge on any atom is -0.331 e. The summed E-state index contributed by atoms with van der Waals surface area (Å²) in [7, 11) is 0. The van der Waals surface area contributed by atoms with Gasteiger partial charge in [0.25, 0.3) is 0 Å². The molecule has 0 aromatic carbocycles. The van der Waals surface area contributed by atoms with E-state index in [-0.39, 0.29) is 0 Å². The summed E-state index contributed by atoms with van der Waals surface area (Å²) in [5.74, 6) is 1.98. The van der Waals surface area contributed by atoms with E-state index in [9.17, 15) is 0 Å². The summed E-state index contributed by atoms with van der Waals surface area (Å²) in [4.78, 5) is 4.87. The number of hydrogen-bond acceptors (Lipinski definition) is 2. The van der Waals surface area contributed by atoms with Crippen LogP contribution < -0.4 is 5.32 Å². The van der Waals surface area contributed by atoms with Crippen LogP contribution in [0.25, 0.3) is 0 Å². The highest BCUT2D eigenvalue weighted by Crippen LogP contribution is 2.31. The average molecular weight is 235 g/mol. The van der Waals surface area contributed by atoms with Gasteiger partial charge in [-0.1, -0.05) is 20.8 Å². The Hall–Kier alpha value is -0.830. The predicted molar refractivity (Wildman–Crippen MR) is 71.3 cm³/mol. The second-order valence-corrected chi connectivity index (χ2v) is 5.09. The summed E-state index contributed by atoms with van der Waals surface area (Å²) >= 11 is 0. The van der Waals surface area contributed by atoms with E-state index in [1.807, 2.05) is 0 Å². The Labute approximate surface area is 105 Å². The van der Waals surface area contributed by atoms with Gasteiger partial charge in [0.05, 0.1) is 5.69 Å². The number of aromatic nitrogens is 2. The van der Waals surface area contributed by atoms with Gasteiger partial charge in [-0.05, 0) is 31.7 Å². The Balaban J connectivity index is 2.31. The first-order chi connectivity index (χ1) is 8.27. The van der Waals surface area contributed by atoms with Gasteiger partial charge in [0.2, 0.25) is 0 Å². The highest BCUT2D eigenvalue weighted by molar-refractivity contribution is 5.23. The lowest BCUT2D eigenvalue weighted by Gasteiger charge is -2.23. The summed E-state index contributed by atoms with van der Waals surface area (Å²) in [6, 6.07) is 0. The van der Waals surface area contributed by atoms with Gasteiger partial charge in [-0.15, -0.1) is 0 Å². The minimum absolute atomic E-state index is 0.676. The smallest absolute Gasteiger partial charge is 0.109 e. The molecule has 2 heterocycles. The van der Waals surface area contributed by atoms with Crippen LogP contribution in [-0.2, 0) is 19.5 Å². The Morgan fingerprint density at radius 1 is 1.41 bits per heavy atom. The first kappa shape index (κ1) is 12.6. The third-order valence-corrected chi connectivity index (χ3v) is 3.66. The summed E-state index contributed by atoms with van der Waals surface area (Å²) in [5, 5.41) is 3.41. The van der Waals surface area contributed by atoms with Crippen LogP contribution in [0, 0.1) is 0 Å². The van der Waals surface area contributed by atoms with Crippen molar-refractivity contribution in [3.63, 3.8) is 0 Å². The van der Waals surface area contributed by atoms with Crippen molar-refractivity contribution in [3.8, 4) is 0 Å². The number of rotatable bonds is 5. The molecule has 0 saturated heterocycles. The molecular formula is C14H25N3. The second kappa shape index (κ2) is 5.67. The van der Waals surface area contributed by atoms with Gasteiger partial charge in [-0.2, -0.15) is 0 Å². The summed E-state index contributed by atoms with van der Waals surface area (Å²) in [6.45, 7) is 9.85. The van der Waals surface area contributed by atoms with Crippen LogP contribution in [0.5, 0.6) is 0 Å². The monoisotopic (exact) mass is 235 g/mol. The van der Waals surface area contributed by atoms with Crippen LogP contribution in [-0.4, -0.2) is 16.1 Å². The molecule has 17 heavy (non-hydrogen) atoms. The van der Waals surface area contributed by atoms with Crippen molar-refractivity contribution >= 4 is 0 Å². The van der Waals surface area contributed by atoms with Gasteiger partial charge in [0, 0.05) is 25.2 Å². The van der Waals surface area contributed by atoms with Gasteiger partial charge in [-0.3, -0.25) is 0 Å². The zero-order chi connectivity index (χ0) is 12.3. The fourth-order valence-electron chi connectivity index (χ4n) is 2.85. The van der Waals surface area contributed by atoms with Gasteiger partial charge < -0.3 is 9.88 Å². The molecule has 1 aromatic heterocycles. The first-order valence-electron chi connectivity index (χ1n) is 7.06. The van der Waals surface area contributed by atoms with Crippen LogP contribution in [0.3, 0.4) is 0 Å². The van der Waals surface area contributed by atoms with E-state index in [0.29, 0.717) is 5.92 Å². The maximum Gasteiger partial charge on any atom is 0.109 e. The van der Waals surface area contributed by atoms with Crippen molar-refractivity contribution in [2.24, 2.45) is 0 Å². The standard InChI is InChI=1S/C14H25N3/c1-4-7-13-16-12(10-15-5-2)14-11(3)8-6-9-17(13)14/h11,15H,4-10H2,1-3H3. The zero-order valence-electron chi connectivity index (χ0n) is 11.4. The minimum atomic E-state index is 0.676. The average Bonchev–Trinajstić information content (AvgIpc) is 2.67. The fourth-order valence-corrected chi connectivity index (χ4v) is 2.85. The summed E-state index contributed by atoms with van der Waals surface area (Å²) < 4.78 is 2.49. The van der Waals surface area contributed by atoms with Crippen molar-refractivity contribution in [2.45, 2.75) is 65.5 Å². The van der Waals surface area contributed by atoms with Crippen molar-refractivity contribution in [2.75, 3.05) is 6.54 Å².